The Hall–Kier alpha value is -1.20. The molecule has 0 bridgehead atoms. The molecule has 0 saturated heterocycles. The first-order valence-electron chi connectivity index (χ1n) is 7.07. The molecular weight excluding hydrogens is 298 g/mol. The van der Waals surface area contributed by atoms with Crippen LogP contribution in [0.5, 0.6) is 0 Å². The van der Waals surface area contributed by atoms with Crippen LogP contribution in [0, 0.1) is 17.6 Å². The van der Waals surface area contributed by atoms with Gasteiger partial charge in [-0.15, -0.1) is 12.4 Å². The SMILES string of the molecule is CCCNCCNC(=O)C1CC1c1ccc(F)cc1F.Cl. The Labute approximate surface area is 129 Å². The van der Waals surface area contributed by atoms with Gasteiger partial charge in [-0.1, -0.05) is 13.0 Å². The van der Waals surface area contributed by atoms with Crippen molar-refractivity contribution in [1.82, 2.24) is 10.6 Å². The average molecular weight is 319 g/mol. The first-order chi connectivity index (χ1) is 9.63. The molecule has 1 aliphatic carbocycles. The van der Waals surface area contributed by atoms with Crippen LogP contribution in [-0.4, -0.2) is 25.5 Å². The van der Waals surface area contributed by atoms with Crippen LogP contribution in [-0.2, 0) is 4.79 Å². The number of nitrogens with one attached hydrogen (secondary N) is 2. The molecule has 2 rings (SSSR count). The Bertz CT molecular complexity index is 485. The number of carbonyl (C=O) groups excluding carboxylic acids is 1. The minimum atomic E-state index is -0.588. The molecule has 0 heterocycles. The van der Waals surface area contributed by atoms with Crippen molar-refractivity contribution in [1.29, 1.82) is 0 Å². The predicted molar refractivity (Wildman–Crippen MR) is 80.6 cm³/mol. The maximum absolute atomic E-state index is 13.6. The van der Waals surface area contributed by atoms with Crippen LogP contribution in [0.3, 0.4) is 0 Å². The maximum atomic E-state index is 13.6. The van der Waals surface area contributed by atoms with Crippen molar-refractivity contribution in [3.63, 3.8) is 0 Å². The van der Waals surface area contributed by atoms with Gasteiger partial charge in [0.1, 0.15) is 11.6 Å². The van der Waals surface area contributed by atoms with Crippen molar-refractivity contribution in [2.45, 2.75) is 25.7 Å². The summed E-state index contributed by atoms with van der Waals surface area (Å²) >= 11 is 0. The lowest BCUT2D eigenvalue weighted by Gasteiger charge is -2.06. The molecule has 1 amide bonds. The van der Waals surface area contributed by atoms with Gasteiger partial charge in [-0.05, 0) is 36.9 Å². The smallest absolute Gasteiger partial charge is 0.223 e. The highest BCUT2D eigenvalue weighted by Crippen LogP contribution is 2.48. The van der Waals surface area contributed by atoms with E-state index in [1.807, 2.05) is 0 Å². The second-order valence-corrected chi connectivity index (χ2v) is 5.16. The molecular formula is C15H21ClF2N2O. The van der Waals surface area contributed by atoms with E-state index in [2.05, 4.69) is 17.6 Å². The quantitative estimate of drug-likeness (QED) is 0.759. The largest absolute Gasteiger partial charge is 0.355 e. The van der Waals surface area contributed by atoms with E-state index in [9.17, 15) is 13.6 Å². The number of hydrogen-bond donors (Lipinski definition) is 2. The average Bonchev–Trinajstić information content (AvgIpc) is 3.18. The van der Waals surface area contributed by atoms with E-state index in [4.69, 9.17) is 0 Å². The molecule has 21 heavy (non-hydrogen) atoms. The molecule has 2 atom stereocenters. The summed E-state index contributed by atoms with van der Waals surface area (Å²) in [6, 6.07) is 3.54. The molecule has 0 radical (unpaired) electrons. The van der Waals surface area contributed by atoms with Crippen molar-refractivity contribution in [3.8, 4) is 0 Å². The van der Waals surface area contributed by atoms with Gasteiger partial charge in [0, 0.05) is 25.1 Å². The summed E-state index contributed by atoms with van der Waals surface area (Å²) in [5, 5.41) is 6.03. The summed E-state index contributed by atoms with van der Waals surface area (Å²) in [7, 11) is 0. The Morgan fingerprint density at radius 2 is 2.05 bits per heavy atom. The zero-order valence-corrected chi connectivity index (χ0v) is 12.8. The topological polar surface area (TPSA) is 41.1 Å². The molecule has 3 nitrogen and oxygen atoms in total. The highest BCUT2D eigenvalue weighted by atomic mass is 35.5. The second-order valence-electron chi connectivity index (χ2n) is 5.16. The minimum Gasteiger partial charge on any atom is -0.355 e. The summed E-state index contributed by atoms with van der Waals surface area (Å²) in [4.78, 5) is 11.9. The fourth-order valence-corrected chi connectivity index (χ4v) is 2.34. The van der Waals surface area contributed by atoms with Crippen molar-refractivity contribution >= 4 is 18.3 Å². The van der Waals surface area contributed by atoms with E-state index in [1.165, 1.54) is 12.1 Å². The summed E-state index contributed by atoms with van der Waals surface area (Å²) in [5.41, 5.74) is 0.440. The summed E-state index contributed by atoms with van der Waals surface area (Å²) < 4.78 is 26.4. The van der Waals surface area contributed by atoms with E-state index in [-0.39, 0.29) is 30.2 Å². The van der Waals surface area contributed by atoms with Gasteiger partial charge in [-0.25, -0.2) is 8.78 Å². The van der Waals surface area contributed by atoms with E-state index in [1.54, 1.807) is 0 Å². The van der Waals surface area contributed by atoms with Crippen LogP contribution >= 0.6 is 12.4 Å². The van der Waals surface area contributed by atoms with E-state index in [0.717, 1.165) is 25.6 Å². The van der Waals surface area contributed by atoms with Crippen LogP contribution in [0.25, 0.3) is 0 Å². The number of benzene rings is 1. The first-order valence-corrected chi connectivity index (χ1v) is 7.07. The van der Waals surface area contributed by atoms with Crippen molar-refractivity contribution < 1.29 is 13.6 Å². The van der Waals surface area contributed by atoms with Gasteiger partial charge in [0.15, 0.2) is 0 Å². The van der Waals surface area contributed by atoms with Crippen LogP contribution in [0.1, 0.15) is 31.2 Å². The van der Waals surface area contributed by atoms with Gasteiger partial charge >= 0.3 is 0 Å². The van der Waals surface area contributed by atoms with Crippen LogP contribution in [0.15, 0.2) is 18.2 Å². The fourth-order valence-electron chi connectivity index (χ4n) is 2.34. The summed E-state index contributed by atoms with van der Waals surface area (Å²) in [6.45, 7) is 4.33. The molecule has 6 heteroatoms. The lowest BCUT2D eigenvalue weighted by atomic mass is 10.1. The molecule has 2 unspecified atom stereocenters. The van der Waals surface area contributed by atoms with Crippen molar-refractivity contribution in [2.75, 3.05) is 19.6 Å². The van der Waals surface area contributed by atoms with Gasteiger partial charge in [-0.2, -0.15) is 0 Å². The third kappa shape index (κ3) is 4.93. The van der Waals surface area contributed by atoms with E-state index < -0.39 is 11.6 Å². The molecule has 118 valence electrons. The Kier molecular flexibility index (Phi) is 7.05. The molecule has 1 fully saturated rings. The van der Waals surface area contributed by atoms with Gasteiger partial charge in [0.2, 0.25) is 5.91 Å². The molecule has 1 aliphatic rings. The zero-order valence-electron chi connectivity index (χ0n) is 12.0. The number of rotatable bonds is 7. The number of amides is 1. The monoisotopic (exact) mass is 318 g/mol. The number of halogens is 3. The Morgan fingerprint density at radius 1 is 1.29 bits per heavy atom. The number of carbonyl (C=O) groups is 1. The first kappa shape index (κ1) is 17.9. The third-order valence-corrected chi connectivity index (χ3v) is 3.52. The lowest BCUT2D eigenvalue weighted by Crippen LogP contribution is -2.33. The molecule has 0 spiro atoms. The molecule has 1 aromatic carbocycles. The van der Waals surface area contributed by atoms with Crippen LogP contribution in [0.4, 0.5) is 8.78 Å². The van der Waals surface area contributed by atoms with Crippen LogP contribution < -0.4 is 10.6 Å². The fraction of sp³-hybridized carbons (Fsp3) is 0.533. The van der Waals surface area contributed by atoms with E-state index >= 15 is 0 Å². The minimum absolute atomic E-state index is 0. The van der Waals surface area contributed by atoms with Crippen molar-refractivity contribution in [2.24, 2.45) is 5.92 Å². The van der Waals surface area contributed by atoms with Gasteiger partial charge < -0.3 is 10.6 Å². The Balaban J connectivity index is 0.00000220. The number of hydrogen-bond acceptors (Lipinski definition) is 2. The molecule has 1 saturated carbocycles. The standard InChI is InChI=1S/C15H20F2N2O.ClH/c1-2-5-18-6-7-19-15(20)13-9-12(13)11-4-3-10(16)8-14(11)17;/h3-4,8,12-13,18H,2,5-7,9H2,1H3,(H,19,20);1H. The second kappa shape index (κ2) is 8.29. The maximum Gasteiger partial charge on any atom is 0.223 e. The van der Waals surface area contributed by atoms with Gasteiger partial charge in [-0.3, -0.25) is 4.79 Å². The predicted octanol–water partition coefficient (Wildman–Crippen LogP) is 2.61. The van der Waals surface area contributed by atoms with Crippen LogP contribution in [0.2, 0.25) is 0 Å². The van der Waals surface area contributed by atoms with E-state index in [0.29, 0.717) is 18.5 Å². The molecule has 0 aromatic heterocycles. The molecule has 1 aromatic rings. The molecule has 2 N–H and O–H groups in total. The normalized spacial score (nSPS) is 19.8. The van der Waals surface area contributed by atoms with Gasteiger partial charge in [0.05, 0.1) is 0 Å². The summed E-state index contributed by atoms with van der Waals surface area (Å²) in [6.07, 6.45) is 1.69. The van der Waals surface area contributed by atoms with Crippen molar-refractivity contribution in [3.05, 3.63) is 35.4 Å². The highest BCUT2D eigenvalue weighted by molar-refractivity contribution is 5.85. The molecule has 0 aliphatic heterocycles. The Morgan fingerprint density at radius 3 is 2.71 bits per heavy atom. The summed E-state index contributed by atoms with van der Waals surface area (Å²) in [5.74, 6) is -1.48. The van der Waals surface area contributed by atoms with Gasteiger partial charge in [0.25, 0.3) is 0 Å². The third-order valence-electron chi connectivity index (χ3n) is 3.52. The zero-order chi connectivity index (χ0) is 14.5. The highest BCUT2D eigenvalue weighted by Gasteiger charge is 2.45. The lowest BCUT2D eigenvalue weighted by molar-refractivity contribution is -0.122.